The van der Waals surface area contributed by atoms with Crippen molar-refractivity contribution in [3.8, 4) is 6.07 Å². The van der Waals surface area contributed by atoms with Crippen molar-refractivity contribution in [2.24, 2.45) is 0 Å². The van der Waals surface area contributed by atoms with Gasteiger partial charge in [0, 0.05) is 11.6 Å². The van der Waals surface area contributed by atoms with E-state index in [9.17, 15) is 13.2 Å². The molecule has 1 amide bonds. The molecule has 0 atom stereocenters. The van der Waals surface area contributed by atoms with Gasteiger partial charge < -0.3 is 0 Å². The number of benzene rings is 1. The van der Waals surface area contributed by atoms with Crippen LogP contribution in [-0.4, -0.2) is 20.4 Å². The molecule has 0 aliphatic heterocycles. The van der Waals surface area contributed by atoms with Crippen LogP contribution in [0.25, 0.3) is 0 Å². The van der Waals surface area contributed by atoms with E-state index < -0.39 is 16.1 Å². The van der Waals surface area contributed by atoms with E-state index in [-0.39, 0.29) is 11.6 Å². The predicted molar refractivity (Wildman–Crippen MR) is 63.7 cm³/mol. The largest absolute Gasteiger partial charge is 0.301 e. The van der Waals surface area contributed by atoms with E-state index in [4.69, 9.17) is 5.26 Å². The van der Waals surface area contributed by atoms with E-state index in [1.165, 1.54) is 24.3 Å². The number of carbonyl (C=O) groups excluding carboxylic acids is 1. The standard InChI is InChI=1S/C11H11N3O3S/c12-7-8-1-3-9(4-2-8)11(15)14-18(16,17)13-10-5-6-10/h1-4,10,13H,5-6H2,(H,14,15). The van der Waals surface area contributed by atoms with E-state index >= 15 is 0 Å². The lowest BCUT2D eigenvalue weighted by Gasteiger charge is -2.07. The monoisotopic (exact) mass is 265 g/mol. The van der Waals surface area contributed by atoms with Crippen molar-refractivity contribution < 1.29 is 13.2 Å². The molecule has 18 heavy (non-hydrogen) atoms. The molecule has 0 unspecified atom stereocenters. The molecule has 0 radical (unpaired) electrons. The van der Waals surface area contributed by atoms with E-state index in [2.05, 4.69) is 4.72 Å². The number of hydrogen-bond donors (Lipinski definition) is 2. The molecule has 0 heterocycles. The first-order valence-electron chi connectivity index (χ1n) is 5.35. The van der Waals surface area contributed by atoms with Crippen LogP contribution in [0.4, 0.5) is 0 Å². The van der Waals surface area contributed by atoms with Crippen LogP contribution < -0.4 is 9.44 Å². The predicted octanol–water partition coefficient (Wildman–Crippen LogP) is 0.285. The summed E-state index contributed by atoms with van der Waals surface area (Å²) in [4.78, 5) is 11.6. The molecule has 2 rings (SSSR count). The first-order valence-corrected chi connectivity index (χ1v) is 6.83. The first-order chi connectivity index (χ1) is 8.50. The van der Waals surface area contributed by atoms with Crippen molar-refractivity contribution in [1.82, 2.24) is 9.44 Å². The van der Waals surface area contributed by atoms with E-state index in [1.54, 1.807) is 0 Å². The van der Waals surface area contributed by atoms with Crippen LogP contribution >= 0.6 is 0 Å². The minimum absolute atomic E-state index is 0.0590. The van der Waals surface area contributed by atoms with Crippen LogP contribution in [0.1, 0.15) is 28.8 Å². The van der Waals surface area contributed by atoms with Gasteiger partial charge in [0.2, 0.25) is 0 Å². The van der Waals surface area contributed by atoms with Crippen molar-refractivity contribution >= 4 is 16.1 Å². The van der Waals surface area contributed by atoms with Gasteiger partial charge in [0.1, 0.15) is 0 Å². The molecule has 1 aromatic carbocycles. The number of amides is 1. The highest BCUT2D eigenvalue weighted by atomic mass is 32.2. The fraction of sp³-hybridized carbons (Fsp3) is 0.273. The fourth-order valence-electron chi connectivity index (χ4n) is 1.33. The van der Waals surface area contributed by atoms with Crippen LogP contribution in [-0.2, 0) is 10.2 Å². The van der Waals surface area contributed by atoms with E-state index in [0.29, 0.717) is 5.56 Å². The Kier molecular flexibility index (Phi) is 3.32. The van der Waals surface area contributed by atoms with Crippen LogP contribution in [0.2, 0.25) is 0 Å². The first kappa shape index (κ1) is 12.5. The maximum atomic E-state index is 11.6. The molecule has 1 aromatic rings. The number of rotatable bonds is 4. The van der Waals surface area contributed by atoms with E-state index in [0.717, 1.165) is 12.8 Å². The molecule has 0 bridgehead atoms. The normalized spacial score (nSPS) is 14.8. The summed E-state index contributed by atoms with van der Waals surface area (Å²) in [5, 5.41) is 8.60. The SMILES string of the molecule is N#Cc1ccc(C(=O)NS(=O)(=O)NC2CC2)cc1. The van der Waals surface area contributed by atoms with Crippen molar-refractivity contribution in [3.05, 3.63) is 35.4 Å². The molecule has 94 valence electrons. The number of nitrogens with zero attached hydrogens (tertiary/aromatic N) is 1. The Hall–Kier alpha value is -1.91. The summed E-state index contributed by atoms with van der Waals surface area (Å²) in [5.74, 6) is -0.715. The summed E-state index contributed by atoms with van der Waals surface area (Å²) in [5.41, 5.74) is 0.598. The minimum atomic E-state index is -3.80. The summed E-state index contributed by atoms with van der Waals surface area (Å²) in [6.07, 6.45) is 1.60. The number of carbonyl (C=O) groups is 1. The van der Waals surface area contributed by atoms with Crippen molar-refractivity contribution in [1.29, 1.82) is 5.26 Å². The van der Waals surface area contributed by atoms with Crippen LogP contribution in [0.15, 0.2) is 24.3 Å². The van der Waals surface area contributed by atoms with Crippen LogP contribution in [0.5, 0.6) is 0 Å². The third-order valence-corrected chi connectivity index (χ3v) is 3.50. The quantitative estimate of drug-likeness (QED) is 0.817. The summed E-state index contributed by atoms with van der Waals surface area (Å²) in [6.45, 7) is 0. The van der Waals surface area contributed by atoms with Gasteiger partial charge in [-0.05, 0) is 37.1 Å². The maximum Gasteiger partial charge on any atom is 0.301 e. The zero-order chi connectivity index (χ0) is 13.2. The Labute approximate surface area is 105 Å². The summed E-state index contributed by atoms with van der Waals surface area (Å²) in [7, 11) is -3.80. The molecule has 0 aromatic heterocycles. The van der Waals surface area contributed by atoms with Gasteiger partial charge in [0.05, 0.1) is 11.6 Å². The maximum absolute atomic E-state index is 11.6. The Morgan fingerprint density at radius 1 is 1.28 bits per heavy atom. The molecule has 1 fully saturated rings. The van der Waals surface area contributed by atoms with Crippen LogP contribution in [0, 0.1) is 11.3 Å². The second-order valence-corrected chi connectivity index (χ2v) is 5.46. The zero-order valence-electron chi connectivity index (χ0n) is 9.38. The third-order valence-electron chi connectivity index (χ3n) is 2.40. The Balaban J connectivity index is 2.04. The van der Waals surface area contributed by atoms with Gasteiger partial charge in [0.25, 0.3) is 5.91 Å². The Morgan fingerprint density at radius 3 is 2.39 bits per heavy atom. The lowest BCUT2D eigenvalue weighted by atomic mass is 10.1. The molecule has 7 heteroatoms. The minimum Gasteiger partial charge on any atom is -0.268 e. The molecule has 1 saturated carbocycles. The third kappa shape index (κ3) is 3.29. The number of nitrogens with one attached hydrogen (secondary N) is 2. The lowest BCUT2D eigenvalue weighted by Crippen LogP contribution is -2.41. The van der Waals surface area contributed by atoms with Gasteiger partial charge >= 0.3 is 10.2 Å². The van der Waals surface area contributed by atoms with Crippen LogP contribution in [0.3, 0.4) is 0 Å². The second-order valence-electron chi connectivity index (χ2n) is 4.02. The molecule has 1 aliphatic carbocycles. The molecular formula is C11H11N3O3S. The Bertz CT molecular complexity index is 597. The number of nitriles is 1. The smallest absolute Gasteiger partial charge is 0.268 e. The molecule has 0 saturated heterocycles. The van der Waals surface area contributed by atoms with Gasteiger partial charge in [-0.2, -0.15) is 18.4 Å². The topological polar surface area (TPSA) is 99.1 Å². The van der Waals surface area contributed by atoms with Gasteiger partial charge in [-0.1, -0.05) is 0 Å². The lowest BCUT2D eigenvalue weighted by molar-refractivity contribution is 0.0981. The molecule has 1 aliphatic rings. The van der Waals surface area contributed by atoms with Gasteiger partial charge in [-0.15, -0.1) is 0 Å². The second kappa shape index (κ2) is 4.76. The highest BCUT2D eigenvalue weighted by molar-refractivity contribution is 7.88. The molecule has 2 N–H and O–H groups in total. The van der Waals surface area contributed by atoms with Gasteiger partial charge in [0.15, 0.2) is 0 Å². The van der Waals surface area contributed by atoms with E-state index in [1.807, 2.05) is 10.8 Å². The van der Waals surface area contributed by atoms with Gasteiger partial charge in [-0.3, -0.25) is 4.79 Å². The summed E-state index contributed by atoms with van der Waals surface area (Å²) < 4.78 is 27.2. The molecule has 6 nitrogen and oxygen atoms in total. The number of hydrogen-bond acceptors (Lipinski definition) is 4. The average molecular weight is 265 g/mol. The molecular weight excluding hydrogens is 254 g/mol. The zero-order valence-corrected chi connectivity index (χ0v) is 10.2. The van der Waals surface area contributed by atoms with Crippen molar-refractivity contribution in [2.75, 3.05) is 0 Å². The van der Waals surface area contributed by atoms with Crippen molar-refractivity contribution in [3.63, 3.8) is 0 Å². The Morgan fingerprint density at radius 2 is 1.89 bits per heavy atom. The summed E-state index contributed by atoms with van der Waals surface area (Å²) in [6, 6.07) is 7.57. The highest BCUT2D eigenvalue weighted by Crippen LogP contribution is 2.19. The highest BCUT2D eigenvalue weighted by Gasteiger charge is 2.27. The fourth-order valence-corrected chi connectivity index (χ4v) is 2.42. The average Bonchev–Trinajstić information content (AvgIpc) is 3.11. The molecule has 0 spiro atoms. The van der Waals surface area contributed by atoms with Gasteiger partial charge in [-0.25, -0.2) is 4.72 Å². The summed E-state index contributed by atoms with van der Waals surface area (Å²) >= 11 is 0. The van der Waals surface area contributed by atoms with Crippen molar-refractivity contribution in [2.45, 2.75) is 18.9 Å².